The maximum Gasteiger partial charge on any atom is 0.294 e. The van der Waals surface area contributed by atoms with E-state index < -0.39 is 10.1 Å². The van der Waals surface area contributed by atoms with Gasteiger partial charge in [-0.2, -0.15) is 8.42 Å². The zero-order valence-electron chi connectivity index (χ0n) is 8.69. The van der Waals surface area contributed by atoms with Gasteiger partial charge in [0, 0.05) is 19.4 Å². The summed E-state index contributed by atoms with van der Waals surface area (Å²) in [6.45, 7) is 0. The number of hydrogen-bond acceptors (Lipinski definition) is 3. The molecule has 1 aromatic carbocycles. The van der Waals surface area contributed by atoms with Crippen LogP contribution in [0.5, 0.6) is 0 Å². The first-order chi connectivity index (χ1) is 7.50. The van der Waals surface area contributed by atoms with E-state index in [0.29, 0.717) is 0 Å². The standard InChI is InChI=1S/C6H6O3S.C4H6N2/c7-10(8,9)6-4-2-1-3-5-6;1-6-3-2-5-4-6/h1-5H,(H,7,8,9);2-4H,1H3. The van der Waals surface area contributed by atoms with Crippen molar-refractivity contribution in [2.24, 2.45) is 7.05 Å². The number of benzene rings is 1. The first-order valence-electron chi connectivity index (χ1n) is 4.44. The van der Waals surface area contributed by atoms with Gasteiger partial charge in [-0.1, -0.05) is 18.2 Å². The van der Waals surface area contributed by atoms with Crippen molar-refractivity contribution in [3.8, 4) is 0 Å². The Hall–Kier alpha value is -1.66. The third kappa shape index (κ3) is 4.24. The fourth-order valence-electron chi connectivity index (χ4n) is 0.918. The number of aryl methyl sites for hydroxylation is 1. The molecule has 0 amide bonds. The lowest BCUT2D eigenvalue weighted by Gasteiger charge is -1.92. The van der Waals surface area contributed by atoms with Crippen molar-refractivity contribution < 1.29 is 13.0 Å². The highest BCUT2D eigenvalue weighted by Crippen LogP contribution is 2.05. The van der Waals surface area contributed by atoms with E-state index in [9.17, 15) is 8.42 Å². The van der Waals surface area contributed by atoms with E-state index in [1.165, 1.54) is 12.1 Å². The van der Waals surface area contributed by atoms with Crippen molar-refractivity contribution in [2.75, 3.05) is 0 Å². The summed E-state index contributed by atoms with van der Waals surface area (Å²) < 4.78 is 31.1. The van der Waals surface area contributed by atoms with Gasteiger partial charge >= 0.3 is 0 Å². The van der Waals surface area contributed by atoms with Gasteiger partial charge in [0.25, 0.3) is 10.1 Å². The zero-order chi connectivity index (χ0) is 12.0. The minimum atomic E-state index is -4.00. The van der Waals surface area contributed by atoms with Gasteiger partial charge < -0.3 is 4.57 Å². The summed E-state index contributed by atoms with van der Waals surface area (Å²) in [5.74, 6) is 0. The van der Waals surface area contributed by atoms with Gasteiger partial charge in [0.1, 0.15) is 0 Å². The van der Waals surface area contributed by atoms with Crippen LogP contribution in [0.25, 0.3) is 0 Å². The molecule has 2 aromatic rings. The summed E-state index contributed by atoms with van der Waals surface area (Å²) in [6, 6.07) is 7.42. The third-order valence-corrected chi connectivity index (χ3v) is 2.55. The van der Waals surface area contributed by atoms with Gasteiger partial charge in [-0.15, -0.1) is 0 Å². The Morgan fingerprint density at radius 1 is 1.25 bits per heavy atom. The molecule has 0 saturated heterocycles. The van der Waals surface area contributed by atoms with E-state index in [1.54, 1.807) is 30.7 Å². The second-order valence-corrected chi connectivity index (χ2v) is 4.44. The van der Waals surface area contributed by atoms with E-state index in [0.717, 1.165) is 0 Å². The molecule has 0 aliphatic rings. The van der Waals surface area contributed by atoms with Gasteiger partial charge in [0.05, 0.1) is 11.2 Å². The molecule has 2 rings (SSSR count). The van der Waals surface area contributed by atoms with Crippen LogP contribution >= 0.6 is 0 Å². The Morgan fingerprint density at radius 3 is 2.12 bits per heavy atom. The number of nitrogens with zero attached hydrogens (tertiary/aromatic N) is 2. The van der Waals surface area contributed by atoms with Crippen LogP contribution in [0.1, 0.15) is 0 Å². The lowest BCUT2D eigenvalue weighted by Crippen LogP contribution is -1.96. The highest BCUT2D eigenvalue weighted by Gasteiger charge is 2.05. The highest BCUT2D eigenvalue weighted by atomic mass is 32.2. The topological polar surface area (TPSA) is 72.2 Å². The van der Waals surface area contributed by atoms with Crippen molar-refractivity contribution in [2.45, 2.75) is 4.90 Å². The zero-order valence-corrected chi connectivity index (χ0v) is 9.50. The lowest BCUT2D eigenvalue weighted by molar-refractivity contribution is 0.483. The molecule has 0 fully saturated rings. The van der Waals surface area contributed by atoms with Gasteiger partial charge in [0.15, 0.2) is 0 Å². The minimum Gasteiger partial charge on any atom is -0.341 e. The Labute approximate surface area is 94.1 Å². The fourth-order valence-corrected chi connectivity index (χ4v) is 1.42. The third-order valence-electron chi connectivity index (χ3n) is 1.68. The van der Waals surface area contributed by atoms with Gasteiger partial charge in [-0.3, -0.25) is 4.55 Å². The molecule has 0 atom stereocenters. The van der Waals surface area contributed by atoms with Crippen molar-refractivity contribution in [3.05, 3.63) is 49.1 Å². The summed E-state index contributed by atoms with van der Waals surface area (Å²) >= 11 is 0. The maximum absolute atomic E-state index is 10.4. The molecule has 6 heteroatoms. The molecule has 5 nitrogen and oxygen atoms in total. The summed E-state index contributed by atoms with van der Waals surface area (Å²) in [5.41, 5.74) is 0. The lowest BCUT2D eigenvalue weighted by atomic mass is 10.4. The van der Waals surface area contributed by atoms with Crippen molar-refractivity contribution in [1.29, 1.82) is 0 Å². The first kappa shape index (κ1) is 12.4. The molecule has 1 aromatic heterocycles. The van der Waals surface area contributed by atoms with Crippen LogP contribution in [0, 0.1) is 0 Å². The van der Waals surface area contributed by atoms with Gasteiger partial charge in [0.2, 0.25) is 0 Å². The maximum atomic E-state index is 10.4. The van der Waals surface area contributed by atoms with Crippen LogP contribution in [0.3, 0.4) is 0 Å². The Bertz CT molecular complexity index is 506. The number of aromatic nitrogens is 2. The smallest absolute Gasteiger partial charge is 0.294 e. The molecular weight excluding hydrogens is 228 g/mol. The second-order valence-electron chi connectivity index (χ2n) is 3.02. The predicted octanol–water partition coefficient (Wildman–Crippen LogP) is 1.35. The SMILES string of the molecule is Cn1ccnc1.O=S(=O)(O)c1ccccc1. The van der Waals surface area contributed by atoms with Crippen LogP contribution in [0.2, 0.25) is 0 Å². The molecule has 1 N–H and O–H groups in total. The average molecular weight is 240 g/mol. The first-order valence-corrected chi connectivity index (χ1v) is 5.88. The molecular formula is C10H12N2O3S. The minimum absolute atomic E-state index is 0.0741. The molecule has 0 aliphatic heterocycles. The quantitative estimate of drug-likeness (QED) is 0.764. The molecule has 0 aliphatic carbocycles. The number of rotatable bonds is 1. The summed E-state index contributed by atoms with van der Waals surface area (Å²) in [6.07, 6.45) is 5.39. The summed E-state index contributed by atoms with van der Waals surface area (Å²) in [4.78, 5) is 3.71. The van der Waals surface area contributed by atoms with E-state index in [4.69, 9.17) is 4.55 Å². The Balaban J connectivity index is 0.000000181. The number of hydrogen-bond donors (Lipinski definition) is 1. The van der Waals surface area contributed by atoms with Crippen molar-refractivity contribution >= 4 is 10.1 Å². The predicted molar refractivity (Wildman–Crippen MR) is 59.5 cm³/mol. The molecule has 86 valence electrons. The average Bonchev–Trinajstić information content (AvgIpc) is 2.70. The number of imidazole rings is 1. The van der Waals surface area contributed by atoms with E-state index in [1.807, 2.05) is 17.8 Å². The molecule has 0 spiro atoms. The van der Waals surface area contributed by atoms with Crippen LogP contribution in [0.15, 0.2) is 53.9 Å². The summed E-state index contributed by atoms with van der Waals surface area (Å²) in [7, 11) is -2.07. The fraction of sp³-hybridized carbons (Fsp3) is 0.100. The van der Waals surface area contributed by atoms with Crippen LogP contribution in [-0.4, -0.2) is 22.5 Å². The van der Waals surface area contributed by atoms with Crippen LogP contribution in [-0.2, 0) is 17.2 Å². The van der Waals surface area contributed by atoms with Crippen LogP contribution < -0.4 is 0 Å². The van der Waals surface area contributed by atoms with Crippen molar-refractivity contribution in [1.82, 2.24) is 9.55 Å². The van der Waals surface area contributed by atoms with Crippen molar-refractivity contribution in [3.63, 3.8) is 0 Å². The van der Waals surface area contributed by atoms with E-state index in [2.05, 4.69) is 4.98 Å². The van der Waals surface area contributed by atoms with E-state index in [-0.39, 0.29) is 4.90 Å². The molecule has 0 unspecified atom stereocenters. The summed E-state index contributed by atoms with van der Waals surface area (Å²) in [5, 5.41) is 0. The van der Waals surface area contributed by atoms with E-state index >= 15 is 0 Å². The Kier molecular flexibility index (Phi) is 4.21. The molecule has 0 bridgehead atoms. The second kappa shape index (κ2) is 5.43. The van der Waals surface area contributed by atoms with Gasteiger partial charge in [-0.05, 0) is 12.1 Å². The highest BCUT2D eigenvalue weighted by molar-refractivity contribution is 7.85. The monoisotopic (exact) mass is 240 g/mol. The molecule has 0 saturated carbocycles. The molecule has 16 heavy (non-hydrogen) atoms. The molecule has 0 radical (unpaired) electrons. The largest absolute Gasteiger partial charge is 0.341 e. The van der Waals surface area contributed by atoms with Crippen LogP contribution in [0.4, 0.5) is 0 Å². The molecule has 1 heterocycles. The normalized spacial score (nSPS) is 10.4. The van der Waals surface area contributed by atoms with Gasteiger partial charge in [-0.25, -0.2) is 4.98 Å². The Morgan fingerprint density at radius 2 is 1.88 bits per heavy atom.